The maximum atomic E-state index is 12.0. The zero-order valence-electron chi connectivity index (χ0n) is 11.3. The zero-order chi connectivity index (χ0) is 13.5. The third kappa shape index (κ3) is 4.94. The van der Waals surface area contributed by atoms with Crippen LogP contribution in [0.25, 0.3) is 0 Å². The van der Waals surface area contributed by atoms with Crippen LogP contribution in [0.15, 0.2) is 0 Å². The molecule has 0 spiro atoms. The zero-order valence-corrected chi connectivity index (χ0v) is 11.3. The lowest BCUT2D eigenvalue weighted by molar-refractivity contribution is -0.137. The molecule has 2 amide bonds. The first-order valence-electron chi connectivity index (χ1n) is 6.77. The van der Waals surface area contributed by atoms with Crippen LogP contribution in [-0.4, -0.2) is 41.1 Å². The molecule has 1 rings (SSSR count). The average Bonchev–Trinajstić information content (AvgIpc) is 2.20. The van der Waals surface area contributed by atoms with Crippen LogP contribution in [0.2, 0.25) is 0 Å². The van der Waals surface area contributed by atoms with Crippen molar-refractivity contribution >= 4 is 12.0 Å². The summed E-state index contributed by atoms with van der Waals surface area (Å²) < 4.78 is 0. The molecule has 0 saturated heterocycles. The second-order valence-corrected chi connectivity index (χ2v) is 5.27. The third-order valence-electron chi connectivity index (χ3n) is 3.44. The Morgan fingerprint density at radius 2 is 2.06 bits per heavy atom. The predicted molar refractivity (Wildman–Crippen MR) is 69.5 cm³/mol. The number of urea groups is 1. The van der Waals surface area contributed by atoms with Gasteiger partial charge in [-0.1, -0.05) is 6.42 Å². The molecule has 0 aliphatic heterocycles. The van der Waals surface area contributed by atoms with Crippen molar-refractivity contribution in [2.45, 2.75) is 52.0 Å². The van der Waals surface area contributed by atoms with Crippen molar-refractivity contribution in [1.29, 1.82) is 0 Å². The molecule has 18 heavy (non-hydrogen) atoms. The van der Waals surface area contributed by atoms with Gasteiger partial charge in [-0.3, -0.25) is 4.79 Å². The van der Waals surface area contributed by atoms with Gasteiger partial charge in [-0.25, -0.2) is 4.79 Å². The first kappa shape index (κ1) is 14.8. The molecule has 1 aliphatic carbocycles. The molecular formula is C13H24N2O3. The standard InChI is InChI=1S/C13H24N2O3/c1-10(2)15(8-4-7-12(16)17)13(18)14-9-11-5-3-6-11/h10-11H,3-9H2,1-2H3,(H,14,18)(H,16,17). The van der Waals surface area contributed by atoms with E-state index in [1.165, 1.54) is 19.3 Å². The van der Waals surface area contributed by atoms with Crippen LogP contribution >= 0.6 is 0 Å². The van der Waals surface area contributed by atoms with Gasteiger partial charge in [-0.15, -0.1) is 0 Å². The highest BCUT2D eigenvalue weighted by Gasteiger charge is 2.21. The number of amides is 2. The summed E-state index contributed by atoms with van der Waals surface area (Å²) in [5, 5.41) is 11.5. The lowest BCUT2D eigenvalue weighted by Gasteiger charge is -2.30. The maximum absolute atomic E-state index is 12.0. The summed E-state index contributed by atoms with van der Waals surface area (Å²) in [4.78, 5) is 24.1. The van der Waals surface area contributed by atoms with E-state index in [9.17, 15) is 9.59 Å². The van der Waals surface area contributed by atoms with Crippen LogP contribution in [0.4, 0.5) is 4.79 Å². The normalized spacial score (nSPS) is 15.3. The number of hydrogen-bond acceptors (Lipinski definition) is 2. The van der Waals surface area contributed by atoms with E-state index in [0.29, 0.717) is 18.9 Å². The Balaban J connectivity index is 2.29. The highest BCUT2D eigenvalue weighted by atomic mass is 16.4. The van der Waals surface area contributed by atoms with Crippen LogP contribution < -0.4 is 5.32 Å². The number of carboxylic acid groups (broad SMARTS) is 1. The van der Waals surface area contributed by atoms with Crippen molar-refractivity contribution in [3.8, 4) is 0 Å². The topological polar surface area (TPSA) is 69.6 Å². The highest BCUT2D eigenvalue weighted by molar-refractivity contribution is 5.74. The Hall–Kier alpha value is -1.26. The molecule has 1 aliphatic rings. The smallest absolute Gasteiger partial charge is 0.317 e. The van der Waals surface area contributed by atoms with Crippen molar-refractivity contribution in [2.75, 3.05) is 13.1 Å². The number of rotatable bonds is 7. The Morgan fingerprint density at radius 1 is 1.39 bits per heavy atom. The fourth-order valence-corrected chi connectivity index (χ4v) is 2.02. The van der Waals surface area contributed by atoms with E-state index in [4.69, 9.17) is 5.11 Å². The van der Waals surface area contributed by atoms with Gasteiger partial charge >= 0.3 is 12.0 Å². The molecule has 0 radical (unpaired) electrons. The molecule has 5 nitrogen and oxygen atoms in total. The minimum Gasteiger partial charge on any atom is -0.481 e. The summed E-state index contributed by atoms with van der Waals surface area (Å²) in [6, 6.07) is 0.0301. The summed E-state index contributed by atoms with van der Waals surface area (Å²) in [6.07, 6.45) is 4.30. The van der Waals surface area contributed by atoms with Crippen LogP contribution in [0.5, 0.6) is 0 Å². The van der Waals surface area contributed by atoms with Crippen LogP contribution in [0, 0.1) is 5.92 Å². The van der Waals surface area contributed by atoms with Gasteiger partial charge in [0.05, 0.1) is 0 Å². The second kappa shape index (κ2) is 7.24. The van der Waals surface area contributed by atoms with E-state index in [1.807, 2.05) is 13.8 Å². The summed E-state index contributed by atoms with van der Waals surface area (Å²) in [5.74, 6) is -0.171. The SMILES string of the molecule is CC(C)N(CCCC(=O)O)C(=O)NCC1CCC1. The molecule has 0 heterocycles. The molecular weight excluding hydrogens is 232 g/mol. The maximum Gasteiger partial charge on any atom is 0.317 e. The number of hydrogen-bond donors (Lipinski definition) is 2. The molecule has 2 N–H and O–H groups in total. The molecule has 0 aromatic carbocycles. The molecule has 0 atom stereocenters. The summed E-state index contributed by atoms with van der Waals surface area (Å²) in [5.41, 5.74) is 0. The molecule has 0 bridgehead atoms. The summed E-state index contributed by atoms with van der Waals surface area (Å²) in [7, 11) is 0. The number of carboxylic acids is 1. The van der Waals surface area contributed by atoms with Crippen molar-refractivity contribution in [3.05, 3.63) is 0 Å². The van der Waals surface area contributed by atoms with Gasteiger partial charge < -0.3 is 15.3 Å². The Bertz CT molecular complexity index is 288. The Labute approximate surface area is 109 Å². The predicted octanol–water partition coefficient (Wildman–Crippen LogP) is 2.07. The summed E-state index contributed by atoms with van der Waals surface area (Å²) in [6.45, 7) is 5.15. The lowest BCUT2D eigenvalue weighted by atomic mass is 9.85. The fraction of sp³-hybridized carbons (Fsp3) is 0.846. The van der Waals surface area contributed by atoms with E-state index in [-0.39, 0.29) is 18.5 Å². The van der Waals surface area contributed by atoms with Gasteiger partial charge in [0.1, 0.15) is 0 Å². The molecule has 1 saturated carbocycles. The monoisotopic (exact) mass is 256 g/mol. The van der Waals surface area contributed by atoms with Gasteiger partial charge in [0, 0.05) is 25.6 Å². The molecule has 0 aromatic heterocycles. The highest BCUT2D eigenvalue weighted by Crippen LogP contribution is 2.25. The van der Waals surface area contributed by atoms with Crippen LogP contribution in [0.3, 0.4) is 0 Å². The largest absolute Gasteiger partial charge is 0.481 e. The lowest BCUT2D eigenvalue weighted by Crippen LogP contribution is -2.46. The molecule has 104 valence electrons. The van der Waals surface area contributed by atoms with Gasteiger partial charge in [0.15, 0.2) is 0 Å². The van der Waals surface area contributed by atoms with E-state index in [2.05, 4.69) is 5.32 Å². The van der Waals surface area contributed by atoms with E-state index in [0.717, 1.165) is 6.54 Å². The number of carbonyl (C=O) groups is 2. The minimum absolute atomic E-state index is 0.0673. The molecule has 5 heteroatoms. The fourth-order valence-electron chi connectivity index (χ4n) is 2.02. The molecule has 0 unspecified atom stereocenters. The van der Waals surface area contributed by atoms with Crippen LogP contribution in [-0.2, 0) is 4.79 Å². The van der Waals surface area contributed by atoms with Crippen molar-refractivity contribution < 1.29 is 14.7 Å². The van der Waals surface area contributed by atoms with Gasteiger partial charge in [-0.05, 0) is 39.0 Å². The van der Waals surface area contributed by atoms with E-state index < -0.39 is 5.97 Å². The van der Waals surface area contributed by atoms with Gasteiger partial charge in [-0.2, -0.15) is 0 Å². The van der Waals surface area contributed by atoms with E-state index in [1.54, 1.807) is 4.90 Å². The quantitative estimate of drug-likeness (QED) is 0.732. The van der Waals surface area contributed by atoms with Gasteiger partial charge in [0.25, 0.3) is 0 Å². The number of nitrogens with zero attached hydrogens (tertiary/aromatic N) is 1. The van der Waals surface area contributed by atoms with Gasteiger partial charge in [0.2, 0.25) is 0 Å². The Morgan fingerprint density at radius 3 is 2.50 bits per heavy atom. The van der Waals surface area contributed by atoms with Crippen molar-refractivity contribution in [3.63, 3.8) is 0 Å². The Kier molecular flexibility index (Phi) is 5.95. The van der Waals surface area contributed by atoms with Crippen molar-refractivity contribution in [2.24, 2.45) is 5.92 Å². The number of aliphatic carboxylic acids is 1. The molecule has 0 aromatic rings. The number of carbonyl (C=O) groups excluding carboxylic acids is 1. The van der Waals surface area contributed by atoms with E-state index >= 15 is 0 Å². The number of nitrogens with one attached hydrogen (secondary N) is 1. The third-order valence-corrected chi connectivity index (χ3v) is 3.44. The minimum atomic E-state index is -0.811. The average molecular weight is 256 g/mol. The van der Waals surface area contributed by atoms with Crippen LogP contribution in [0.1, 0.15) is 46.0 Å². The first-order valence-corrected chi connectivity index (χ1v) is 6.77. The summed E-state index contributed by atoms with van der Waals surface area (Å²) >= 11 is 0. The second-order valence-electron chi connectivity index (χ2n) is 5.27. The van der Waals surface area contributed by atoms with Crippen molar-refractivity contribution in [1.82, 2.24) is 10.2 Å². The molecule has 1 fully saturated rings. The first-order chi connectivity index (χ1) is 8.50.